The Balaban J connectivity index is 2.21. The van der Waals surface area contributed by atoms with Crippen molar-refractivity contribution in [3.8, 4) is 0 Å². The molecule has 2 nitrogen and oxygen atoms in total. The molecule has 108 valence electrons. The number of para-hydroxylation sites is 1. The van der Waals surface area contributed by atoms with Crippen LogP contribution in [-0.4, -0.2) is 0 Å². The Hall–Kier alpha value is -0.850. The van der Waals surface area contributed by atoms with Crippen molar-refractivity contribution >= 4 is 49.5 Å². The van der Waals surface area contributed by atoms with E-state index in [2.05, 4.69) is 63.6 Å². The first-order valence-corrected chi connectivity index (χ1v) is 8.69. The predicted molar refractivity (Wildman–Crippen MR) is 98.5 cm³/mol. The molecule has 0 saturated carbocycles. The zero-order valence-corrected chi connectivity index (χ0v) is 15.3. The Morgan fingerprint density at radius 3 is 2.76 bits per heavy atom. The highest BCUT2D eigenvalue weighted by molar-refractivity contribution is 14.1. The molecule has 0 aliphatic rings. The lowest BCUT2D eigenvalue weighted by Crippen LogP contribution is -2.14. The van der Waals surface area contributed by atoms with Crippen LogP contribution in [0, 0.1) is 3.57 Å². The molecule has 1 atom stereocenters. The molecule has 1 heterocycles. The summed E-state index contributed by atoms with van der Waals surface area (Å²) in [7, 11) is 0. The summed E-state index contributed by atoms with van der Waals surface area (Å²) >= 11 is 5.92. The quantitative estimate of drug-likeness (QED) is 0.536. The highest BCUT2D eigenvalue weighted by Crippen LogP contribution is 2.36. The number of hydrogen-bond donors (Lipinski definition) is 1. The van der Waals surface area contributed by atoms with Crippen molar-refractivity contribution in [2.75, 3.05) is 0 Å². The highest BCUT2D eigenvalue weighted by atomic mass is 127. The van der Waals surface area contributed by atoms with Crippen LogP contribution in [0.2, 0.25) is 0 Å². The van der Waals surface area contributed by atoms with Crippen molar-refractivity contribution in [1.29, 1.82) is 0 Å². The lowest BCUT2D eigenvalue weighted by atomic mass is 9.96. The average Bonchev–Trinajstić information content (AvgIpc) is 2.87. The van der Waals surface area contributed by atoms with Gasteiger partial charge in [0, 0.05) is 25.4 Å². The van der Waals surface area contributed by atoms with Gasteiger partial charge in [-0.25, -0.2) is 0 Å². The van der Waals surface area contributed by atoms with Crippen molar-refractivity contribution in [2.24, 2.45) is 5.73 Å². The molecule has 4 heteroatoms. The largest absolute Gasteiger partial charge is 0.461 e. The summed E-state index contributed by atoms with van der Waals surface area (Å²) < 4.78 is 8.17. The Bertz CT molecular complexity index is 797. The van der Waals surface area contributed by atoms with E-state index in [1.54, 1.807) is 0 Å². The van der Waals surface area contributed by atoms with Gasteiger partial charge in [-0.15, -0.1) is 0 Å². The first kappa shape index (κ1) is 15.1. The fourth-order valence-electron chi connectivity index (χ4n) is 2.63. The van der Waals surface area contributed by atoms with Crippen LogP contribution in [0.5, 0.6) is 0 Å². The van der Waals surface area contributed by atoms with Crippen molar-refractivity contribution in [1.82, 2.24) is 0 Å². The van der Waals surface area contributed by atoms with Gasteiger partial charge in [0.05, 0.1) is 6.04 Å². The minimum absolute atomic E-state index is 0.201. The van der Waals surface area contributed by atoms with E-state index in [4.69, 9.17) is 10.2 Å². The minimum Gasteiger partial charge on any atom is -0.461 e. The predicted octanol–water partition coefficient (Wildman–Crippen LogP) is 5.41. The number of benzene rings is 2. The number of aryl methyl sites for hydroxylation is 1. The molecule has 0 radical (unpaired) electrons. The lowest BCUT2D eigenvalue weighted by molar-refractivity contribution is 0.546. The van der Waals surface area contributed by atoms with E-state index in [1.165, 1.54) is 3.57 Å². The van der Waals surface area contributed by atoms with E-state index in [-0.39, 0.29) is 6.04 Å². The third-order valence-electron chi connectivity index (χ3n) is 3.64. The SMILES string of the molecule is CCc1oc2ccccc2c1C(N)c1cc(I)ccc1Br. The lowest BCUT2D eigenvalue weighted by Gasteiger charge is -2.15. The maximum absolute atomic E-state index is 6.58. The second-order valence-electron chi connectivity index (χ2n) is 4.93. The Morgan fingerprint density at radius 1 is 1.24 bits per heavy atom. The monoisotopic (exact) mass is 455 g/mol. The third kappa shape index (κ3) is 2.76. The van der Waals surface area contributed by atoms with E-state index in [0.29, 0.717) is 0 Å². The van der Waals surface area contributed by atoms with Crippen molar-refractivity contribution in [3.05, 3.63) is 67.4 Å². The Morgan fingerprint density at radius 2 is 2.00 bits per heavy atom. The van der Waals surface area contributed by atoms with Crippen molar-refractivity contribution in [2.45, 2.75) is 19.4 Å². The van der Waals surface area contributed by atoms with Crippen LogP contribution in [-0.2, 0) is 6.42 Å². The van der Waals surface area contributed by atoms with Crippen LogP contribution in [0.4, 0.5) is 0 Å². The number of rotatable bonds is 3. The maximum Gasteiger partial charge on any atom is 0.134 e. The van der Waals surface area contributed by atoms with Gasteiger partial charge in [0.1, 0.15) is 11.3 Å². The van der Waals surface area contributed by atoms with Gasteiger partial charge in [-0.1, -0.05) is 41.1 Å². The molecular formula is C17H15BrINO. The number of halogens is 2. The highest BCUT2D eigenvalue weighted by Gasteiger charge is 2.21. The van der Waals surface area contributed by atoms with Crippen molar-refractivity contribution < 1.29 is 4.42 Å². The smallest absolute Gasteiger partial charge is 0.134 e. The summed E-state index contributed by atoms with van der Waals surface area (Å²) in [5.74, 6) is 0.967. The van der Waals surface area contributed by atoms with Gasteiger partial charge in [0.15, 0.2) is 0 Å². The van der Waals surface area contributed by atoms with Gasteiger partial charge >= 0.3 is 0 Å². The maximum atomic E-state index is 6.58. The summed E-state index contributed by atoms with van der Waals surface area (Å²) in [6, 6.07) is 14.1. The second-order valence-corrected chi connectivity index (χ2v) is 7.03. The van der Waals surface area contributed by atoms with E-state index in [0.717, 1.165) is 38.7 Å². The van der Waals surface area contributed by atoms with Gasteiger partial charge in [0.25, 0.3) is 0 Å². The standard InChI is InChI=1S/C17H15BrINO/c1-2-14-16(11-5-3-4-6-15(11)21-14)17(20)12-9-10(19)7-8-13(12)18/h3-9,17H,2,20H2,1H3. The Kier molecular flexibility index (Phi) is 4.38. The van der Waals surface area contributed by atoms with Crippen LogP contribution < -0.4 is 5.73 Å². The molecule has 21 heavy (non-hydrogen) atoms. The Labute approximate surface area is 146 Å². The average molecular weight is 456 g/mol. The molecule has 1 unspecified atom stereocenters. The first-order chi connectivity index (χ1) is 10.1. The number of hydrogen-bond acceptors (Lipinski definition) is 2. The number of furan rings is 1. The summed E-state index contributed by atoms with van der Waals surface area (Å²) in [6.45, 7) is 2.09. The molecule has 0 aliphatic heterocycles. The molecule has 0 fully saturated rings. The zero-order valence-electron chi connectivity index (χ0n) is 11.6. The zero-order chi connectivity index (χ0) is 15.0. The molecule has 2 N–H and O–H groups in total. The summed E-state index contributed by atoms with van der Waals surface area (Å²) in [5.41, 5.74) is 9.66. The van der Waals surface area contributed by atoms with Gasteiger partial charge in [-0.3, -0.25) is 0 Å². The van der Waals surface area contributed by atoms with Crippen molar-refractivity contribution in [3.63, 3.8) is 0 Å². The van der Waals surface area contributed by atoms with Gasteiger partial charge < -0.3 is 10.2 Å². The summed E-state index contributed by atoms with van der Waals surface area (Å²) in [6.07, 6.45) is 0.833. The first-order valence-electron chi connectivity index (χ1n) is 6.82. The molecule has 0 spiro atoms. The summed E-state index contributed by atoms with van der Waals surface area (Å²) in [4.78, 5) is 0. The van der Waals surface area contributed by atoms with E-state index >= 15 is 0 Å². The fourth-order valence-corrected chi connectivity index (χ4v) is 3.64. The van der Waals surface area contributed by atoms with Gasteiger partial charge in [0.2, 0.25) is 0 Å². The van der Waals surface area contributed by atoms with E-state index in [1.807, 2.05) is 24.3 Å². The third-order valence-corrected chi connectivity index (χ3v) is 5.03. The molecule has 2 aromatic carbocycles. The van der Waals surface area contributed by atoms with Crippen LogP contribution in [0.3, 0.4) is 0 Å². The molecule has 1 aromatic heterocycles. The van der Waals surface area contributed by atoms with E-state index in [9.17, 15) is 0 Å². The van der Waals surface area contributed by atoms with E-state index < -0.39 is 0 Å². The second kappa shape index (κ2) is 6.10. The fraction of sp³-hybridized carbons (Fsp3) is 0.176. The molecule has 3 aromatic rings. The van der Waals surface area contributed by atoms with Crippen LogP contribution >= 0.6 is 38.5 Å². The van der Waals surface area contributed by atoms with Crippen LogP contribution in [0.15, 0.2) is 51.4 Å². The van der Waals surface area contributed by atoms with Crippen LogP contribution in [0.25, 0.3) is 11.0 Å². The normalized spacial score (nSPS) is 12.8. The molecule has 0 bridgehead atoms. The molecule has 0 amide bonds. The number of fused-ring (bicyclic) bond motifs is 1. The summed E-state index contributed by atoms with van der Waals surface area (Å²) in [5, 5.41) is 1.10. The topological polar surface area (TPSA) is 39.2 Å². The molecule has 0 aliphatic carbocycles. The van der Waals surface area contributed by atoms with Crippen LogP contribution in [0.1, 0.15) is 29.9 Å². The number of nitrogens with two attached hydrogens (primary N) is 1. The van der Waals surface area contributed by atoms with Gasteiger partial charge in [-0.05, 0) is 52.4 Å². The molecular weight excluding hydrogens is 441 g/mol. The minimum atomic E-state index is -0.201. The molecule has 3 rings (SSSR count). The molecule has 0 saturated heterocycles. The van der Waals surface area contributed by atoms with Gasteiger partial charge in [-0.2, -0.15) is 0 Å².